The highest BCUT2D eigenvalue weighted by atomic mass is 16.6. The lowest BCUT2D eigenvalue weighted by Crippen LogP contribution is -2.34. The number of carbonyl (C=O) groups excluding carboxylic acids is 1. The molecule has 0 aromatic heterocycles. The third-order valence-electron chi connectivity index (χ3n) is 4.37. The van der Waals surface area contributed by atoms with E-state index < -0.39 is 0 Å². The number of amides is 1. The number of methoxy groups -OCH3 is 1. The van der Waals surface area contributed by atoms with Crippen molar-refractivity contribution in [3.8, 4) is 11.5 Å². The minimum Gasteiger partial charge on any atom is -0.493 e. The second-order valence-electron chi connectivity index (χ2n) is 6.38. The predicted octanol–water partition coefficient (Wildman–Crippen LogP) is 3.47. The Kier molecular flexibility index (Phi) is 7.22. The molecule has 0 unspecified atom stereocenters. The molecule has 7 heteroatoms. The summed E-state index contributed by atoms with van der Waals surface area (Å²) in [4.78, 5) is 17.6. The van der Waals surface area contributed by atoms with Gasteiger partial charge in [-0.15, -0.1) is 0 Å². The molecule has 1 aliphatic rings. The van der Waals surface area contributed by atoms with Crippen LogP contribution in [-0.2, 0) is 9.63 Å². The van der Waals surface area contributed by atoms with Gasteiger partial charge in [0.1, 0.15) is 0 Å². The van der Waals surface area contributed by atoms with Gasteiger partial charge in [-0.3, -0.25) is 4.79 Å². The van der Waals surface area contributed by atoms with E-state index in [1.54, 1.807) is 13.3 Å². The maximum Gasteiger partial charge on any atom is 0.283 e. The van der Waals surface area contributed by atoms with E-state index >= 15 is 0 Å². The summed E-state index contributed by atoms with van der Waals surface area (Å²) in [6.45, 7) is 2.86. The number of carbonyl (C=O) groups is 1. The lowest BCUT2D eigenvalue weighted by Gasteiger charge is -2.23. The van der Waals surface area contributed by atoms with Crippen LogP contribution in [0.2, 0.25) is 0 Å². The van der Waals surface area contributed by atoms with Crippen molar-refractivity contribution in [1.29, 1.82) is 0 Å². The van der Waals surface area contributed by atoms with Crippen molar-refractivity contribution in [3.63, 3.8) is 0 Å². The van der Waals surface area contributed by atoms with Gasteiger partial charge in [-0.25, -0.2) is 5.01 Å². The Hall–Kier alpha value is -3.35. The molecule has 0 aliphatic carbocycles. The standard InChI is InChI=1S/C22H25N3O4/c1-3-28-21-14-18(11-12-20(21)27-2)19-10-7-13-25(24-19)22(26)16-29-23-15-17-8-5-4-6-9-17/h4-6,8-9,11-12,14-15H,3,7,10,13,16H2,1-2H3/b23-15+. The van der Waals surface area contributed by atoms with Crippen LogP contribution in [0.5, 0.6) is 11.5 Å². The van der Waals surface area contributed by atoms with Crippen molar-refractivity contribution in [1.82, 2.24) is 5.01 Å². The summed E-state index contributed by atoms with van der Waals surface area (Å²) in [6.07, 6.45) is 3.19. The number of rotatable bonds is 8. The molecule has 3 rings (SSSR count). The summed E-state index contributed by atoms with van der Waals surface area (Å²) < 4.78 is 11.0. The third-order valence-corrected chi connectivity index (χ3v) is 4.37. The van der Waals surface area contributed by atoms with Gasteiger partial charge in [0.25, 0.3) is 5.91 Å². The van der Waals surface area contributed by atoms with Crippen molar-refractivity contribution in [2.24, 2.45) is 10.3 Å². The zero-order valence-electron chi connectivity index (χ0n) is 16.7. The Morgan fingerprint density at radius 3 is 2.79 bits per heavy atom. The SMILES string of the molecule is CCOc1cc(C2=NN(C(=O)CO/N=C/c3ccccc3)CCC2)ccc1OC. The molecule has 2 aromatic carbocycles. The summed E-state index contributed by atoms with van der Waals surface area (Å²) in [5, 5.41) is 9.82. The van der Waals surface area contributed by atoms with Crippen LogP contribution in [0.25, 0.3) is 0 Å². The molecule has 0 fully saturated rings. The Morgan fingerprint density at radius 2 is 2.03 bits per heavy atom. The molecule has 0 saturated carbocycles. The summed E-state index contributed by atoms with van der Waals surface area (Å²) in [5.41, 5.74) is 2.65. The average Bonchev–Trinajstić information content (AvgIpc) is 2.77. The number of oxime groups is 1. The first-order valence-electron chi connectivity index (χ1n) is 9.60. The fraction of sp³-hybridized carbons (Fsp3) is 0.318. The van der Waals surface area contributed by atoms with Crippen molar-refractivity contribution < 1.29 is 19.1 Å². The summed E-state index contributed by atoms with van der Waals surface area (Å²) in [7, 11) is 1.61. The van der Waals surface area contributed by atoms with Crippen LogP contribution in [0.4, 0.5) is 0 Å². The smallest absolute Gasteiger partial charge is 0.283 e. The molecule has 152 valence electrons. The average molecular weight is 395 g/mol. The predicted molar refractivity (Wildman–Crippen MR) is 112 cm³/mol. The highest BCUT2D eigenvalue weighted by Crippen LogP contribution is 2.29. The quantitative estimate of drug-likeness (QED) is 0.507. The van der Waals surface area contributed by atoms with Crippen LogP contribution in [0.15, 0.2) is 58.8 Å². The molecule has 1 aliphatic heterocycles. The molecule has 29 heavy (non-hydrogen) atoms. The number of benzene rings is 2. The van der Waals surface area contributed by atoms with E-state index in [0.717, 1.165) is 29.7 Å². The number of hydrogen-bond donors (Lipinski definition) is 0. The fourth-order valence-electron chi connectivity index (χ4n) is 2.95. The van der Waals surface area contributed by atoms with E-state index in [4.69, 9.17) is 14.3 Å². The van der Waals surface area contributed by atoms with Crippen LogP contribution in [0.3, 0.4) is 0 Å². The van der Waals surface area contributed by atoms with Gasteiger partial charge < -0.3 is 14.3 Å². The Labute approximate surface area is 170 Å². The summed E-state index contributed by atoms with van der Waals surface area (Å²) in [6, 6.07) is 15.2. The van der Waals surface area contributed by atoms with Crippen molar-refractivity contribution in [2.45, 2.75) is 19.8 Å². The molecule has 0 bridgehead atoms. The lowest BCUT2D eigenvalue weighted by molar-refractivity contribution is -0.136. The highest BCUT2D eigenvalue weighted by molar-refractivity contribution is 6.02. The topological polar surface area (TPSA) is 72.7 Å². The van der Waals surface area contributed by atoms with Crippen LogP contribution in [0.1, 0.15) is 30.9 Å². The van der Waals surface area contributed by atoms with Crippen molar-refractivity contribution in [3.05, 3.63) is 59.7 Å². The van der Waals surface area contributed by atoms with Crippen molar-refractivity contribution in [2.75, 3.05) is 26.9 Å². The van der Waals surface area contributed by atoms with Gasteiger partial charge in [0.15, 0.2) is 18.1 Å². The van der Waals surface area contributed by atoms with Crippen LogP contribution in [0, 0.1) is 0 Å². The van der Waals surface area contributed by atoms with Crippen molar-refractivity contribution >= 4 is 17.8 Å². The van der Waals surface area contributed by atoms with E-state index in [-0.39, 0.29) is 12.5 Å². The number of hydrazone groups is 1. The maximum atomic E-state index is 12.4. The molecular weight excluding hydrogens is 370 g/mol. The van der Waals surface area contributed by atoms with E-state index in [9.17, 15) is 4.79 Å². The molecule has 1 heterocycles. The normalized spacial score (nSPS) is 13.9. The first kappa shape index (κ1) is 20.4. The van der Waals surface area contributed by atoms with Gasteiger partial charge in [-0.05, 0) is 43.5 Å². The molecule has 1 amide bonds. The molecule has 0 saturated heterocycles. The lowest BCUT2D eigenvalue weighted by atomic mass is 10.0. The van der Waals surface area contributed by atoms with E-state index in [1.165, 1.54) is 5.01 Å². The molecule has 0 radical (unpaired) electrons. The van der Waals surface area contributed by atoms with Crippen LogP contribution < -0.4 is 9.47 Å². The van der Waals surface area contributed by atoms with Gasteiger partial charge in [-0.2, -0.15) is 5.10 Å². The van der Waals surface area contributed by atoms with Gasteiger partial charge in [0.05, 0.1) is 25.6 Å². The summed E-state index contributed by atoms with van der Waals surface area (Å²) in [5.74, 6) is 1.10. The maximum absolute atomic E-state index is 12.4. The Bertz CT molecular complexity index is 881. The largest absolute Gasteiger partial charge is 0.493 e. The van der Waals surface area contributed by atoms with E-state index in [2.05, 4.69) is 10.3 Å². The monoisotopic (exact) mass is 395 g/mol. The second-order valence-corrected chi connectivity index (χ2v) is 6.38. The first-order valence-corrected chi connectivity index (χ1v) is 9.60. The number of nitrogens with zero attached hydrogens (tertiary/aromatic N) is 3. The molecule has 0 spiro atoms. The third kappa shape index (κ3) is 5.57. The molecule has 2 aromatic rings. The number of ether oxygens (including phenoxy) is 2. The molecule has 7 nitrogen and oxygen atoms in total. The van der Waals surface area contributed by atoms with E-state index in [0.29, 0.717) is 24.7 Å². The minimum absolute atomic E-state index is 0.160. The molecule has 0 atom stereocenters. The second kappa shape index (κ2) is 10.3. The van der Waals surface area contributed by atoms with Crippen LogP contribution >= 0.6 is 0 Å². The van der Waals surface area contributed by atoms with Gasteiger partial charge in [-0.1, -0.05) is 35.5 Å². The minimum atomic E-state index is -0.231. The summed E-state index contributed by atoms with van der Waals surface area (Å²) >= 11 is 0. The van der Waals surface area contributed by atoms with Crippen LogP contribution in [-0.4, -0.2) is 49.7 Å². The zero-order valence-corrected chi connectivity index (χ0v) is 16.7. The van der Waals surface area contributed by atoms with Gasteiger partial charge >= 0.3 is 0 Å². The molecular formula is C22H25N3O4. The van der Waals surface area contributed by atoms with Gasteiger partial charge in [0.2, 0.25) is 0 Å². The van der Waals surface area contributed by atoms with Gasteiger partial charge in [0, 0.05) is 12.1 Å². The zero-order chi connectivity index (χ0) is 20.5. The highest BCUT2D eigenvalue weighted by Gasteiger charge is 2.20. The molecule has 0 N–H and O–H groups in total. The Balaban J connectivity index is 1.64. The Morgan fingerprint density at radius 1 is 1.21 bits per heavy atom. The fourth-order valence-corrected chi connectivity index (χ4v) is 2.95. The number of hydrogen-bond acceptors (Lipinski definition) is 6. The van der Waals surface area contributed by atoms with E-state index in [1.807, 2.05) is 55.5 Å². The first-order chi connectivity index (χ1) is 14.2.